The Hall–Kier alpha value is -2.02. The molecule has 1 heterocycles. The van der Waals surface area contributed by atoms with E-state index in [0.29, 0.717) is 24.0 Å². The van der Waals surface area contributed by atoms with Crippen LogP contribution in [0, 0.1) is 0 Å². The standard InChI is InChI=1S/C21H31N3O3S/c1-4-7-8-9-14-27-17-12-10-16(11-13-17)24-19(25)15-18(20(24)26)28-21(22-5-2)23-6-3/h10-13,18H,4-9,14-15H2,1-3H3,(H,22,23)/t18-/m1/s1. The van der Waals surface area contributed by atoms with Crippen LogP contribution in [0.25, 0.3) is 0 Å². The fraction of sp³-hybridized carbons (Fsp3) is 0.571. The number of nitrogens with one attached hydrogen (secondary N) is 1. The van der Waals surface area contributed by atoms with Gasteiger partial charge in [-0.3, -0.25) is 14.6 Å². The normalized spacial score (nSPS) is 17.3. The molecule has 1 aliphatic heterocycles. The van der Waals surface area contributed by atoms with Crippen molar-refractivity contribution in [1.82, 2.24) is 5.32 Å². The van der Waals surface area contributed by atoms with Crippen molar-refractivity contribution in [3.8, 4) is 5.75 Å². The number of amidine groups is 1. The van der Waals surface area contributed by atoms with Gasteiger partial charge >= 0.3 is 0 Å². The molecule has 0 spiro atoms. The predicted octanol–water partition coefficient (Wildman–Crippen LogP) is 4.00. The highest BCUT2D eigenvalue weighted by atomic mass is 32.2. The molecule has 1 aromatic rings. The summed E-state index contributed by atoms with van der Waals surface area (Å²) in [5.74, 6) is 0.391. The molecule has 1 saturated heterocycles. The number of carbonyl (C=O) groups is 2. The van der Waals surface area contributed by atoms with Gasteiger partial charge in [-0.2, -0.15) is 0 Å². The van der Waals surface area contributed by atoms with E-state index in [4.69, 9.17) is 4.74 Å². The Kier molecular flexibility index (Phi) is 9.34. The number of ether oxygens (including phenoxy) is 1. The summed E-state index contributed by atoms with van der Waals surface area (Å²) < 4.78 is 5.73. The SMILES string of the molecule is CCCCCCOc1ccc(N2C(=O)C[C@@H](SC(=NCC)NCC)C2=O)cc1. The van der Waals surface area contributed by atoms with Crippen LogP contribution in [0.3, 0.4) is 0 Å². The van der Waals surface area contributed by atoms with Crippen molar-refractivity contribution >= 4 is 34.4 Å². The summed E-state index contributed by atoms with van der Waals surface area (Å²) in [4.78, 5) is 30.9. The Morgan fingerprint density at radius 1 is 1.18 bits per heavy atom. The minimum atomic E-state index is -0.439. The van der Waals surface area contributed by atoms with Gasteiger partial charge in [0.25, 0.3) is 0 Å². The van der Waals surface area contributed by atoms with E-state index >= 15 is 0 Å². The number of amides is 2. The molecule has 1 aromatic carbocycles. The van der Waals surface area contributed by atoms with E-state index in [1.54, 1.807) is 12.1 Å². The zero-order chi connectivity index (χ0) is 20.4. The molecule has 2 rings (SSSR count). The molecule has 0 aliphatic carbocycles. The van der Waals surface area contributed by atoms with Gasteiger partial charge in [0, 0.05) is 19.5 Å². The van der Waals surface area contributed by atoms with Gasteiger partial charge in [-0.1, -0.05) is 37.9 Å². The summed E-state index contributed by atoms with van der Waals surface area (Å²) in [6.45, 7) is 8.15. The molecular weight excluding hydrogens is 374 g/mol. The molecule has 6 nitrogen and oxygen atoms in total. The topological polar surface area (TPSA) is 71.0 Å². The van der Waals surface area contributed by atoms with Gasteiger partial charge in [-0.15, -0.1) is 0 Å². The van der Waals surface area contributed by atoms with E-state index in [-0.39, 0.29) is 18.2 Å². The number of anilines is 1. The largest absolute Gasteiger partial charge is 0.494 e. The number of hydrogen-bond donors (Lipinski definition) is 1. The summed E-state index contributed by atoms with van der Waals surface area (Å²) in [6.07, 6.45) is 4.81. The van der Waals surface area contributed by atoms with Gasteiger partial charge in [-0.25, -0.2) is 4.90 Å². The second-order valence-corrected chi connectivity index (χ2v) is 7.78. The first-order valence-corrected chi connectivity index (χ1v) is 11.0. The Morgan fingerprint density at radius 3 is 2.57 bits per heavy atom. The first kappa shape index (κ1) is 22.3. The van der Waals surface area contributed by atoms with Crippen molar-refractivity contribution in [3.63, 3.8) is 0 Å². The lowest BCUT2D eigenvalue weighted by molar-refractivity contribution is -0.121. The van der Waals surface area contributed by atoms with Crippen LogP contribution in [-0.2, 0) is 9.59 Å². The summed E-state index contributed by atoms with van der Waals surface area (Å²) in [7, 11) is 0. The van der Waals surface area contributed by atoms with Crippen molar-refractivity contribution in [2.45, 2.75) is 58.1 Å². The van der Waals surface area contributed by atoms with Gasteiger partial charge in [0.2, 0.25) is 11.8 Å². The summed E-state index contributed by atoms with van der Waals surface area (Å²) in [5.41, 5.74) is 0.592. The van der Waals surface area contributed by atoms with Crippen molar-refractivity contribution in [3.05, 3.63) is 24.3 Å². The van der Waals surface area contributed by atoms with Crippen LogP contribution < -0.4 is 15.0 Å². The molecule has 1 fully saturated rings. The molecular formula is C21H31N3O3S. The van der Waals surface area contributed by atoms with Crippen LogP contribution in [0.15, 0.2) is 29.3 Å². The summed E-state index contributed by atoms with van der Waals surface area (Å²) >= 11 is 1.33. The van der Waals surface area contributed by atoms with E-state index in [1.165, 1.54) is 35.9 Å². The van der Waals surface area contributed by atoms with E-state index in [1.807, 2.05) is 26.0 Å². The fourth-order valence-electron chi connectivity index (χ4n) is 2.94. The number of thioether (sulfide) groups is 1. The maximum absolute atomic E-state index is 12.8. The van der Waals surface area contributed by atoms with Crippen LogP contribution >= 0.6 is 11.8 Å². The average Bonchev–Trinajstić information content (AvgIpc) is 2.96. The Bertz CT molecular complexity index is 676. The number of hydrogen-bond acceptors (Lipinski definition) is 5. The van der Waals surface area contributed by atoms with Gasteiger partial charge in [0.15, 0.2) is 5.17 Å². The third kappa shape index (κ3) is 6.26. The van der Waals surface area contributed by atoms with Crippen LogP contribution in [0.1, 0.15) is 52.9 Å². The molecule has 0 radical (unpaired) electrons. The van der Waals surface area contributed by atoms with E-state index in [9.17, 15) is 9.59 Å². The number of imide groups is 1. The molecule has 0 saturated carbocycles. The number of aliphatic imine (C=N–C) groups is 1. The predicted molar refractivity (Wildman–Crippen MR) is 116 cm³/mol. The molecule has 154 valence electrons. The number of nitrogens with zero attached hydrogens (tertiary/aromatic N) is 2. The van der Waals surface area contributed by atoms with Crippen LogP contribution in [0.5, 0.6) is 5.75 Å². The molecule has 28 heavy (non-hydrogen) atoms. The molecule has 0 unspecified atom stereocenters. The zero-order valence-corrected chi connectivity index (χ0v) is 17.9. The quantitative estimate of drug-likeness (QED) is 0.276. The number of carbonyl (C=O) groups excluding carboxylic acids is 2. The average molecular weight is 406 g/mol. The van der Waals surface area contributed by atoms with E-state index < -0.39 is 5.25 Å². The lowest BCUT2D eigenvalue weighted by Crippen LogP contribution is -2.32. The Labute approximate surface area is 172 Å². The Morgan fingerprint density at radius 2 is 1.93 bits per heavy atom. The molecule has 1 aliphatic rings. The fourth-order valence-corrected chi connectivity index (χ4v) is 4.08. The lowest BCUT2D eigenvalue weighted by Gasteiger charge is -2.16. The second-order valence-electron chi connectivity index (χ2n) is 6.59. The van der Waals surface area contributed by atoms with Gasteiger partial charge in [-0.05, 0) is 44.5 Å². The third-order valence-corrected chi connectivity index (χ3v) is 5.50. The first-order chi connectivity index (χ1) is 13.6. The lowest BCUT2D eigenvalue weighted by atomic mass is 10.2. The highest BCUT2D eigenvalue weighted by Gasteiger charge is 2.40. The third-order valence-electron chi connectivity index (χ3n) is 4.35. The van der Waals surface area contributed by atoms with Crippen molar-refractivity contribution in [1.29, 1.82) is 0 Å². The van der Waals surface area contributed by atoms with Crippen LogP contribution in [0.4, 0.5) is 5.69 Å². The van der Waals surface area contributed by atoms with Crippen molar-refractivity contribution in [2.75, 3.05) is 24.6 Å². The zero-order valence-electron chi connectivity index (χ0n) is 17.1. The number of benzene rings is 1. The molecule has 1 N–H and O–H groups in total. The van der Waals surface area contributed by atoms with E-state index in [0.717, 1.165) is 18.7 Å². The summed E-state index contributed by atoms with van der Waals surface area (Å²) in [5, 5.41) is 3.43. The molecule has 0 aromatic heterocycles. The van der Waals surface area contributed by atoms with Crippen LogP contribution in [-0.4, -0.2) is 41.9 Å². The smallest absolute Gasteiger partial charge is 0.247 e. The highest BCUT2D eigenvalue weighted by Crippen LogP contribution is 2.31. The van der Waals surface area contributed by atoms with Gasteiger partial charge in [0.1, 0.15) is 11.0 Å². The Balaban J connectivity index is 1.96. The van der Waals surface area contributed by atoms with Crippen molar-refractivity contribution in [2.24, 2.45) is 4.99 Å². The van der Waals surface area contributed by atoms with Crippen molar-refractivity contribution < 1.29 is 14.3 Å². The summed E-state index contributed by atoms with van der Waals surface area (Å²) in [6, 6.07) is 7.18. The van der Waals surface area contributed by atoms with Crippen LogP contribution in [0.2, 0.25) is 0 Å². The number of rotatable bonds is 10. The monoisotopic (exact) mass is 405 g/mol. The molecule has 7 heteroatoms. The minimum absolute atomic E-state index is 0.178. The maximum Gasteiger partial charge on any atom is 0.247 e. The van der Waals surface area contributed by atoms with Gasteiger partial charge < -0.3 is 10.1 Å². The number of unbranched alkanes of at least 4 members (excludes halogenated alkanes) is 3. The van der Waals surface area contributed by atoms with Gasteiger partial charge in [0.05, 0.1) is 12.3 Å². The molecule has 2 amide bonds. The highest BCUT2D eigenvalue weighted by molar-refractivity contribution is 8.15. The van der Waals surface area contributed by atoms with E-state index in [2.05, 4.69) is 17.2 Å². The molecule has 0 bridgehead atoms. The second kappa shape index (κ2) is 11.7. The minimum Gasteiger partial charge on any atom is -0.494 e. The molecule has 1 atom stereocenters. The maximum atomic E-state index is 12.8. The first-order valence-electron chi connectivity index (χ1n) is 10.1.